The van der Waals surface area contributed by atoms with Gasteiger partial charge < -0.3 is 5.32 Å². The first-order chi connectivity index (χ1) is 9.45. The van der Waals surface area contributed by atoms with Crippen molar-refractivity contribution in [1.29, 1.82) is 0 Å². The van der Waals surface area contributed by atoms with Crippen LogP contribution in [0.3, 0.4) is 0 Å². The van der Waals surface area contributed by atoms with Crippen LogP contribution in [0.15, 0.2) is 16.3 Å². The largest absolute Gasteiger partial charge is 0.315 e. The topological polar surface area (TPSA) is 61.4 Å². The smallest absolute Gasteiger partial charge is 0.254 e. The van der Waals surface area contributed by atoms with E-state index in [1.54, 1.807) is 6.07 Å². The Bertz CT molecular complexity index is 532. The molecule has 1 fully saturated rings. The van der Waals surface area contributed by atoms with Crippen LogP contribution in [-0.4, -0.2) is 32.6 Å². The lowest BCUT2D eigenvalue weighted by atomic mass is 10.0. The van der Waals surface area contributed by atoms with Gasteiger partial charge in [0.25, 0.3) is 10.0 Å². The van der Waals surface area contributed by atoms with Crippen molar-refractivity contribution in [3.8, 4) is 0 Å². The molecule has 1 aliphatic rings. The molecule has 1 aromatic heterocycles. The summed E-state index contributed by atoms with van der Waals surface area (Å²) in [5.41, 5.74) is 0. The SMILES string of the molecule is CNCc1sccc1S(=O)(=O)NN1C(C)CCCC1C. The molecule has 5 nitrogen and oxygen atoms in total. The summed E-state index contributed by atoms with van der Waals surface area (Å²) >= 11 is 1.46. The van der Waals surface area contributed by atoms with Crippen LogP contribution < -0.4 is 10.1 Å². The van der Waals surface area contributed by atoms with Crippen molar-refractivity contribution in [3.63, 3.8) is 0 Å². The summed E-state index contributed by atoms with van der Waals surface area (Å²) in [5, 5.41) is 6.72. The van der Waals surface area contributed by atoms with E-state index in [0.29, 0.717) is 11.4 Å². The zero-order chi connectivity index (χ0) is 14.8. The molecule has 0 bridgehead atoms. The van der Waals surface area contributed by atoms with Crippen molar-refractivity contribution in [2.24, 2.45) is 0 Å². The fourth-order valence-electron chi connectivity index (χ4n) is 2.65. The first kappa shape index (κ1) is 15.9. The summed E-state index contributed by atoms with van der Waals surface area (Å²) in [6, 6.07) is 2.15. The third-order valence-corrected chi connectivity index (χ3v) is 6.21. The molecule has 2 rings (SSSR count). The predicted molar refractivity (Wildman–Crippen MR) is 82.0 cm³/mol. The van der Waals surface area contributed by atoms with Gasteiger partial charge in [0.2, 0.25) is 0 Å². The molecule has 1 saturated heterocycles. The molecular formula is C13H23N3O2S2. The molecule has 2 unspecified atom stereocenters. The lowest BCUT2D eigenvalue weighted by Crippen LogP contribution is -2.54. The number of hydrogen-bond acceptors (Lipinski definition) is 5. The van der Waals surface area contributed by atoms with E-state index in [1.165, 1.54) is 11.3 Å². The number of sulfonamides is 1. The van der Waals surface area contributed by atoms with Crippen molar-refractivity contribution >= 4 is 21.4 Å². The second kappa shape index (κ2) is 6.53. The van der Waals surface area contributed by atoms with Gasteiger partial charge >= 0.3 is 0 Å². The molecule has 2 N–H and O–H groups in total. The normalized spacial score (nSPS) is 24.9. The van der Waals surface area contributed by atoms with Gasteiger partial charge in [-0.25, -0.2) is 13.4 Å². The van der Waals surface area contributed by atoms with E-state index in [9.17, 15) is 8.42 Å². The van der Waals surface area contributed by atoms with Crippen molar-refractivity contribution in [1.82, 2.24) is 15.2 Å². The highest BCUT2D eigenvalue weighted by Crippen LogP contribution is 2.25. The second-order valence-corrected chi connectivity index (χ2v) is 8.00. The standard InChI is InChI=1S/C13H23N3O2S2/c1-10-5-4-6-11(2)16(10)15-20(17,18)13-7-8-19-12(13)9-14-3/h7-8,10-11,14-15H,4-6,9H2,1-3H3. The Labute approximate surface area is 125 Å². The maximum atomic E-state index is 12.6. The van der Waals surface area contributed by atoms with Gasteiger partial charge in [-0.3, -0.25) is 0 Å². The van der Waals surface area contributed by atoms with Gasteiger partial charge in [-0.15, -0.1) is 16.2 Å². The highest BCUT2D eigenvalue weighted by molar-refractivity contribution is 7.89. The van der Waals surface area contributed by atoms with Crippen LogP contribution in [-0.2, 0) is 16.6 Å². The van der Waals surface area contributed by atoms with Gasteiger partial charge in [-0.1, -0.05) is 6.42 Å². The Morgan fingerprint density at radius 3 is 2.60 bits per heavy atom. The van der Waals surface area contributed by atoms with Gasteiger partial charge in [-0.2, -0.15) is 0 Å². The molecule has 20 heavy (non-hydrogen) atoms. The van der Waals surface area contributed by atoms with Crippen LogP contribution in [0.25, 0.3) is 0 Å². The van der Waals surface area contributed by atoms with Crippen LogP contribution in [0.5, 0.6) is 0 Å². The third kappa shape index (κ3) is 3.40. The molecule has 7 heteroatoms. The molecule has 0 radical (unpaired) electrons. The molecule has 0 aliphatic carbocycles. The quantitative estimate of drug-likeness (QED) is 0.871. The average Bonchev–Trinajstić information content (AvgIpc) is 2.84. The number of hydrazine groups is 1. The minimum absolute atomic E-state index is 0.236. The maximum absolute atomic E-state index is 12.6. The molecule has 2 atom stereocenters. The number of piperidine rings is 1. The molecule has 1 aliphatic heterocycles. The highest BCUT2D eigenvalue weighted by Gasteiger charge is 2.30. The van der Waals surface area contributed by atoms with Crippen molar-refractivity contribution in [3.05, 3.63) is 16.3 Å². The minimum atomic E-state index is -3.49. The number of hydrogen-bond donors (Lipinski definition) is 2. The van der Waals surface area contributed by atoms with Gasteiger partial charge in [0, 0.05) is 23.5 Å². The fraction of sp³-hybridized carbons (Fsp3) is 0.692. The van der Waals surface area contributed by atoms with Crippen molar-refractivity contribution < 1.29 is 8.42 Å². The van der Waals surface area contributed by atoms with Crippen LogP contribution in [0.2, 0.25) is 0 Å². The molecule has 0 aromatic carbocycles. The van der Waals surface area contributed by atoms with E-state index in [-0.39, 0.29) is 12.1 Å². The minimum Gasteiger partial charge on any atom is -0.315 e. The molecular weight excluding hydrogens is 294 g/mol. The number of thiophene rings is 1. The summed E-state index contributed by atoms with van der Waals surface area (Å²) < 4.78 is 25.1. The first-order valence-electron chi connectivity index (χ1n) is 6.97. The fourth-order valence-corrected chi connectivity index (χ4v) is 5.34. The summed E-state index contributed by atoms with van der Waals surface area (Å²) in [4.78, 5) is 4.02. The van der Waals surface area contributed by atoms with Crippen LogP contribution >= 0.6 is 11.3 Å². The third-order valence-electron chi connectivity index (χ3n) is 3.75. The zero-order valence-electron chi connectivity index (χ0n) is 12.2. The Morgan fingerprint density at radius 2 is 2.00 bits per heavy atom. The molecule has 0 saturated carbocycles. The number of nitrogens with one attached hydrogen (secondary N) is 2. The Kier molecular flexibility index (Phi) is 5.19. The van der Waals surface area contributed by atoms with Crippen LogP contribution in [0.1, 0.15) is 38.0 Å². The van der Waals surface area contributed by atoms with Crippen molar-refractivity contribution in [2.75, 3.05) is 7.05 Å². The van der Waals surface area contributed by atoms with Gasteiger partial charge in [-0.05, 0) is 45.2 Å². The monoisotopic (exact) mass is 317 g/mol. The average molecular weight is 317 g/mol. The number of rotatable bonds is 5. The second-order valence-electron chi connectivity index (χ2n) is 5.37. The lowest BCUT2D eigenvalue weighted by Gasteiger charge is -2.38. The molecule has 2 heterocycles. The Balaban J connectivity index is 2.20. The molecule has 0 amide bonds. The molecule has 1 aromatic rings. The Morgan fingerprint density at radius 1 is 1.35 bits per heavy atom. The highest BCUT2D eigenvalue weighted by atomic mass is 32.2. The summed E-state index contributed by atoms with van der Waals surface area (Å²) in [6.45, 7) is 4.71. The summed E-state index contributed by atoms with van der Waals surface area (Å²) in [6.07, 6.45) is 3.21. The van der Waals surface area contributed by atoms with E-state index in [4.69, 9.17) is 0 Å². The Hall–Kier alpha value is -0.470. The van der Waals surface area contributed by atoms with E-state index < -0.39 is 10.0 Å². The zero-order valence-corrected chi connectivity index (χ0v) is 13.9. The van der Waals surface area contributed by atoms with Crippen LogP contribution in [0, 0.1) is 0 Å². The van der Waals surface area contributed by atoms with Gasteiger partial charge in [0.05, 0.1) is 4.90 Å². The van der Waals surface area contributed by atoms with E-state index in [1.807, 2.05) is 17.4 Å². The van der Waals surface area contributed by atoms with Crippen LogP contribution in [0.4, 0.5) is 0 Å². The van der Waals surface area contributed by atoms with Gasteiger partial charge in [0.15, 0.2) is 0 Å². The molecule has 0 spiro atoms. The predicted octanol–water partition coefficient (Wildman–Crippen LogP) is 1.92. The van der Waals surface area contributed by atoms with E-state index in [2.05, 4.69) is 24.0 Å². The molecule has 114 valence electrons. The van der Waals surface area contributed by atoms with E-state index in [0.717, 1.165) is 24.1 Å². The lowest BCUT2D eigenvalue weighted by molar-refractivity contribution is 0.0790. The number of nitrogens with zero attached hydrogens (tertiary/aromatic N) is 1. The first-order valence-corrected chi connectivity index (χ1v) is 9.33. The van der Waals surface area contributed by atoms with E-state index >= 15 is 0 Å². The maximum Gasteiger partial charge on any atom is 0.254 e. The summed E-state index contributed by atoms with van der Waals surface area (Å²) in [5.74, 6) is 0. The summed E-state index contributed by atoms with van der Waals surface area (Å²) in [7, 11) is -1.67. The van der Waals surface area contributed by atoms with Gasteiger partial charge in [0.1, 0.15) is 0 Å². The van der Waals surface area contributed by atoms with Crippen molar-refractivity contribution in [2.45, 2.75) is 56.6 Å².